The van der Waals surface area contributed by atoms with Crippen LogP contribution >= 0.6 is 15.9 Å². The Kier molecular flexibility index (Phi) is 2.91. The lowest BCUT2D eigenvalue weighted by atomic mass is 10.2. The monoisotopic (exact) mass is 192 g/mol. The molecule has 9 heavy (non-hydrogen) atoms. The quantitative estimate of drug-likeness (QED) is 0.380. The Morgan fingerprint density at radius 3 is 2.33 bits per heavy atom. The van der Waals surface area contributed by atoms with E-state index < -0.39 is 4.32 Å². The van der Waals surface area contributed by atoms with Gasteiger partial charge < -0.3 is 4.74 Å². The van der Waals surface area contributed by atoms with Crippen molar-refractivity contribution >= 4 is 21.9 Å². The summed E-state index contributed by atoms with van der Waals surface area (Å²) in [5.41, 5.74) is 0. The van der Waals surface area contributed by atoms with Crippen LogP contribution in [0.15, 0.2) is 12.8 Å². The van der Waals surface area contributed by atoms with Crippen molar-refractivity contribution in [3.05, 3.63) is 12.8 Å². The average molecular weight is 193 g/mol. The number of alkyl halides is 1. The molecule has 0 atom stereocenters. The zero-order valence-corrected chi connectivity index (χ0v) is 7.06. The summed E-state index contributed by atoms with van der Waals surface area (Å²) in [5.74, 6) is -0.336. The first-order valence-corrected chi connectivity index (χ1v) is 3.28. The molecule has 0 saturated heterocycles. The molecule has 52 valence electrons. The summed E-state index contributed by atoms with van der Waals surface area (Å²) < 4.78 is 3.87. The summed E-state index contributed by atoms with van der Waals surface area (Å²) in [6.07, 6.45) is 1.12. The normalized spacial score (nSPS) is 10.6. The Balaban J connectivity index is 3.88. The lowest BCUT2D eigenvalue weighted by Crippen LogP contribution is -2.24. The summed E-state index contributed by atoms with van der Waals surface area (Å²) in [6, 6.07) is 0. The molecule has 0 spiro atoms. The highest BCUT2D eigenvalue weighted by Crippen LogP contribution is 2.17. The van der Waals surface area contributed by atoms with Crippen molar-refractivity contribution in [2.24, 2.45) is 0 Å². The SMILES string of the molecule is C=COC(=O)C(C)(C)Br. The highest BCUT2D eigenvalue weighted by Gasteiger charge is 2.24. The first kappa shape index (κ1) is 8.69. The van der Waals surface area contributed by atoms with Gasteiger partial charge in [0.15, 0.2) is 0 Å². The Morgan fingerprint density at radius 1 is 1.78 bits per heavy atom. The van der Waals surface area contributed by atoms with Crippen LogP contribution in [0.4, 0.5) is 0 Å². The van der Waals surface area contributed by atoms with Gasteiger partial charge in [-0.2, -0.15) is 0 Å². The van der Waals surface area contributed by atoms with E-state index in [-0.39, 0.29) is 5.97 Å². The smallest absolute Gasteiger partial charge is 0.327 e. The molecule has 0 aromatic carbocycles. The van der Waals surface area contributed by atoms with E-state index in [4.69, 9.17) is 0 Å². The molecule has 0 aromatic heterocycles. The number of ether oxygens (including phenoxy) is 1. The molecule has 0 N–H and O–H groups in total. The third kappa shape index (κ3) is 3.30. The van der Waals surface area contributed by atoms with Crippen molar-refractivity contribution in [2.45, 2.75) is 18.2 Å². The van der Waals surface area contributed by atoms with Crippen LogP contribution in [0.25, 0.3) is 0 Å². The second kappa shape index (κ2) is 3.01. The van der Waals surface area contributed by atoms with Gasteiger partial charge in [0.1, 0.15) is 4.32 Å². The molecule has 3 heteroatoms. The molecule has 0 amide bonds. The minimum atomic E-state index is -0.610. The summed E-state index contributed by atoms with van der Waals surface area (Å²) in [7, 11) is 0. The van der Waals surface area contributed by atoms with Crippen molar-refractivity contribution in [1.29, 1.82) is 0 Å². The van der Waals surface area contributed by atoms with Gasteiger partial charge in [0.05, 0.1) is 6.26 Å². The van der Waals surface area contributed by atoms with Crippen molar-refractivity contribution in [3.8, 4) is 0 Å². The lowest BCUT2D eigenvalue weighted by Gasteiger charge is -2.11. The number of carbonyl (C=O) groups is 1. The molecule has 0 aliphatic heterocycles. The summed E-state index contributed by atoms with van der Waals surface area (Å²) in [5, 5.41) is 0. The summed E-state index contributed by atoms with van der Waals surface area (Å²) in [6.45, 7) is 6.66. The van der Waals surface area contributed by atoms with E-state index >= 15 is 0 Å². The Morgan fingerprint density at radius 2 is 2.22 bits per heavy atom. The number of hydrogen-bond donors (Lipinski definition) is 0. The van der Waals surface area contributed by atoms with Crippen LogP contribution in [0, 0.1) is 0 Å². The van der Waals surface area contributed by atoms with Crippen molar-refractivity contribution in [1.82, 2.24) is 0 Å². The predicted octanol–water partition coefficient (Wildman–Crippen LogP) is 1.85. The second-order valence-electron chi connectivity index (χ2n) is 2.04. The first-order chi connectivity index (χ1) is 3.98. The molecule has 0 bridgehead atoms. The van der Waals surface area contributed by atoms with Gasteiger partial charge in [0, 0.05) is 0 Å². The van der Waals surface area contributed by atoms with E-state index in [9.17, 15) is 4.79 Å². The molecular formula is C6H9BrO2. The fraction of sp³-hybridized carbons (Fsp3) is 0.500. The van der Waals surface area contributed by atoms with Gasteiger partial charge in [-0.25, -0.2) is 0 Å². The van der Waals surface area contributed by atoms with Gasteiger partial charge in [0.25, 0.3) is 0 Å². The Labute approximate surface area is 63.0 Å². The molecule has 0 aromatic rings. The van der Waals surface area contributed by atoms with Crippen LogP contribution in [-0.2, 0) is 9.53 Å². The Hall–Kier alpha value is -0.310. The van der Waals surface area contributed by atoms with E-state index in [1.807, 2.05) is 0 Å². The molecule has 0 rings (SSSR count). The van der Waals surface area contributed by atoms with Crippen molar-refractivity contribution in [3.63, 3.8) is 0 Å². The largest absolute Gasteiger partial charge is 0.434 e. The maximum atomic E-state index is 10.7. The van der Waals surface area contributed by atoms with Gasteiger partial charge in [-0.15, -0.1) is 0 Å². The number of halogens is 1. The van der Waals surface area contributed by atoms with Gasteiger partial charge in [-0.3, -0.25) is 4.79 Å². The fourth-order valence-electron chi connectivity index (χ4n) is 0.216. The topological polar surface area (TPSA) is 26.3 Å². The first-order valence-electron chi connectivity index (χ1n) is 2.49. The third-order valence-electron chi connectivity index (χ3n) is 0.676. The van der Waals surface area contributed by atoms with Gasteiger partial charge in [0.2, 0.25) is 0 Å². The average Bonchev–Trinajstić information content (AvgIpc) is 1.64. The van der Waals surface area contributed by atoms with E-state index in [0.29, 0.717) is 0 Å². The maximum Gasteiger partial charge on any atom is 0.327 e. The zero-order valence-electron chi connectivity index (χ0n) is 5.48. The number of rotatable bonds is 2. The van der Waals surface area contributed by atoms with Crippen molar-refractivity contribution in [2.75, 3.05) is 0 Å². The summed E-state index contributed by atoms with van der Waals surface area (Å²) >= 11 is 3.12. The van der Waals surface area contributed by atoms with E-state index in [2.05, 4.69) is 27.2 Å². The number of esters is 1. The van der Waals surface area contributed by atoms with Gasteiger partial charge >= 0.3 is 5.97 Å². The number of hydrogen-bond acceptors (Lipinski definition) is 2. The van der Waals surface area contributed by atoms with Crippen LogP contribution < -0.4 is 0 Å². The maximum absolute atomic E-state index is 10.7. The van der Waals surface area contributed by atoms with Crippen molar-refractivity contribution < 1.29 is 9.53 Å². The minimum Gasteiger partial charge on any atom is -0.434 e. The zero-order chi connectivity index (χ0) is 7.49. The molecule has 0 heterocycles. The highest BCUT2D eigenvalue weighted by molar-refractivity contribution is 9.10. The van der Waals surface area contributed by atoms with Gasteiger partial charge in [-0.05, 0) is 13.8 Å². The lowest BCUT2D eigenvalue weighted by molar-refractivity contribution is -0.139. The Bertz CT molecular complexity index is 124. The number of carbonyl (C=O) groups excluding carboxylic acids is 1. The molecule has 2 nitrogen and oxygen atoms in total. The molecular weight excluding hydrogens is 184 g/mol. The second-order valence-corrected chi connectivity index (χ2v) is 4.03. The van der Waals surface area contributed by atoms with E-state index in [1.165, 1.54) is 0 Å². The highest BCUT2D eigenvalue weighted by atomic mass is 79.9. The van der Waals surface area contributed by atoms with E-state index in [0.717, 1.165) is 6.26 Å². The molecule has 0 saturated carbocycles. The van der Waals surface area contributed by atoms with Crippen LogP contribution in [0.2, 0.25) is 0 Å². The van der Waals surface area contributed by atoms with Crippen LogP contribution in [0.5, 0.6) is 0 Å². The van der Waals surface area contributed by atoms with Crippen LogP contribution in [0.3, 0.4) is 0 Å². The molecule has 0 aliphatic carbocycles. The molecule has 0 unspecified atom stereocenters. The summed E-state index contributed by atoms with van der Waals surface area (Å²) in [4.78, 5) is 10.7. The molecule has 0 fully saturated rings. The van der Waals surface area contributed by atoms with Crippen LogP contribution in [0.1, 0.15) is 13.8 Å². The fourth-order valence-corrected chi connectivity index (χ4v) is 0.309. The van der Waals surface area contributed by atoms with Gasteiger partial charge in [-0.1, -0.05) is 22.5 Å². The molecule has 0 radical (unpaired) electrons. The standard InChI is InChI=1S/C6H9BrO2/c1-4-9-5(8)6(2,3)7/h4H,1H2,2-3H3. The third-order valence-corrected chi connectivity index (χ3v) is 1.000. The predicted molar refractivity (Wildman–Crippen MR) is 39.3 cm³/mol. The minimum absolute atomic E-state index is 0.336. The molecule has 0 aliphatic rings. The van der Waals surface area contributed by atoms with E-state index in [1.54, 1.807) is 13.8 Å². The van der Waals surface area contributed by atoms with Crippen LogP contribution in [-0.4, -0.2) is 10.3 Å².